The lowest BCUT2D eigenvalue weighted by molar-refractivity contribution is -0.141. The third-order valence-corrected chi connectivity index (χ3v) is 8.13. The summed E-state index contributed by atoms with van der Waals surface area (Å²) < 4.78 is 39.1. The lowest BCUT2D eigenvalue weighted by atomic mass is 9.82. The number of nitriles is 1. The topological polar surface area (TPSA) is 124 Å². The second-order valence-electron chi connectivity index (χ2n) is 9.97. The molecular weight excluding hydrogens is 553 g/mol. The van der Waals surface area contributed by atoms with Gasteiger partial charge in [0.05, 0.1) is 16.5 Å². The second kappa shape index (κ2) is 11.3. The van der Waals surface area contributed by atoms with E-state index in [4.69, 9.17) is 5.26 Å². The van der Waals surface area contributed by atoms with Crippen molar-refractivity contribution < 1.29 is 23.1 Å². The van der Waals surface area contributed by atoms with E-state index >= 15 is 0 Å². The number of nitrogens with one attached hydrogen (secondary N) is 2. The van der Waals surface area contributed by atoms with Crippen LogP contribution in [0.25, 0.3) is 10.4 Å². The van der Waals surface area contributed by atoms with Crippen molar-refractivity contribution in [1.29, 1.82) is 5.26 Å². The van der Waals surface area contributed by atoms with Gasteiger partial charge in [-0.2, -0.15) is 18.4 Å². The number of hydrogen-bond donors (Lipinski definition) is 3. The fourth-order valence-corrected chi connectivity index (χ4v) is 5.79. The summed E-state index contributed by atoms with van der Waals surface area (Å²) in [6.07, 6.45) is 0.143. The van der Waals surface area contributed by atoms with Crippen molar-refractivity contribution in [3.05, 3.63) is 88.3 Å². The first-order valence-corrected chi connectivity index (χ1v) is 13.6. The molecule has 0 saturated heterocycles. The normalized spacial score (nSPS) is 18.9. The smallest absolute Gasteiger partial charge is 0.383 e. The summed E-state index contributed by atoms with van der Waals surface area (Å²) in [6.45, 7) is 1.87. The Morgan fingerprint density at radius 3 is 2.54 bits per heavy atom. The van der Waals surface area contributed by atoms with Gasteiger partial charge in [0.15, 0.2) is 0 Å². The number of nitrogens with zero attached hydrogens (tertiary/aromatic N) is 4. The van der Waals surface area contributed by atoms with E-state index in [0.717, 1.165) is 28.3 Å². The first kappa shape index (κ1) is 28.2. The SMILES string of the molecule is Cc1cc(Nc2nccc(C(F)(F)F)n2)cc(-c2cnc(C3(O)CCC(NC(=O)c4ccc(C#N)cc4)CC3)s2)c1. The number of aryl methyl sites for hydroxylation is 1. The summed E-state index contributed by atoms with van der Waals surface area (Å²) in [7, 11) is 0. The van der Waals surface area contributed by atoms with Gasteiger partial charge in [0.1, 0.15) is 16.3 Å². The molecule has 1 aliphatic carbocycles. The number of hydrogen-bond acceptors (Lipinski definition) is 8. The molecular formula is C29H25F3N6O2S. The van der Waals surface area contributed by atoms with Crippen LogP contribution in [-0.4, -0.2) is 32.0 Å². The molecule has 0 atom stereocenters. The van der Waals surface area contributed by atoms with Crippen LogP contribution >= 0.6 is 11.3 Å². The van der Waals surface area contributed by atoms with Gasteiger partial charge in [-0.1, -0.05) is 6.07 Å². The summed E-state index contributed by atoms with van der Waals surface area (Å²) in [5.41, 5.74) is 0.962. The third-order valence-electron chi connectivity index (χ3n) is 6.89. The first-order valence-electron chi connectivity index (χ1n) is 12.8. The zero-order chi connectivity index (χ0) is 29.2. The van der Waals surface area contributed by atoms with Crippen LogP contribution in [0.15, 0.2) is 60.9 Å². The monoisotopic (exact) mass is 578 g/mol. The first-order chi connectivity index (χ1) is 19.5. The van der Waals surface area contributed by atoms with E-state index in [2.05, 4.69) is 25.6 Å². The predicted molar refractivity (Wildman–Crippen MR) is 147 cm³/mol. The average Bonchev–Trinajstić information content (AvgIpc) is 3.45. The number of carbonyl (C=O) groups excluding carboxylic acids is 1. The van der Waals surface area contributed by atoms with Gasteiger partial charge < -0.3 is 15.7 Å². The van der Waals surface area contributed by atoms with Gasteiger partial charge in [-0.3, -0.25) is 4.79 Å². The van der Waals surface area contributed by atoms with Crippen molar-refractivity contribution in [3.63, 3.8) is 0 Å². The average molecular weight is 579 g/mol. The highest BCUT2D eigenvalue weighted by Gasteiger charge is 2.38. The molecule has 2 aromatic carbocycles. The van der Waals surface area contributed by atoms with Crippen LogP contribution in [-0.2, 0) is 11.8 Å². The van der Waals surface area contributed by atoms with E-state index in [1.54, 1.807) is 42.6 Å². The number of carbonyl (C=O) groups is 1. The quantitative estimate of drug-likeness (QED) is 0.252. The summed E-state index contributed by atoms with van der Waals surface area (Å²) in [5, 5.41) is 26.8. The van der Waals surface area contributed by atoms with Crippen LogP contribution in [0.3, 0.4) is 0 Å². The molecule has 0 unspecified atom stereocenters. The molecule has 4 aromatic rings. The second-order valence-corrected chi connectivity index (χ2v) is 11.0. The van der Waals surface area contributed by atoms with Crippen LogP contribution in [0.1, 0.15) is 57.9 Å². The minimum atomic E-state index is -4.58. The van der Waals surface area contributed by atoms with Crippen molar-refractivity contribution in [2.24, 2.45) is 0 Å². The van der Waals surface area contributed by atoms with Gasteiger partial charge in [-0.15, -0.1) is 11.3 Å². The maximum absolute atomic E-state index is 13.0. The minimum absolute atomic E-state index is 0.0960. The Hall–Kier alpha value is -4.34. The van der Waals surface area contributed by atoms with Gasteiger partial charge in [0, 0.05) is 29.7 Å². The summed E-state index contributed by atoms with van der Waals surface area (Å²) in [4.78, 5) is 25.4. The lowest BCUT2D eigenvalue weighted by Crippen LogP contribution is -2.42. The maximum atomic E-state index is 13.0. The van der Waals surface area contributed by atoms with Gasteiger partial charge in [0.25, 0.3) is 5.91 Å². The summed E-state index contributed by atoms with van der Waals surface area (Å²) >= 11 is 1.35. The van der Waals surface area contributed by atoms with Gasteiger partial charge >= 0.3 is 6.18 Å². The van der Waals surface area contributed by atoms with E-state index in [0.29, 0.717) is 47.5 Å². The molecule has 210 valence electrons. The molecule has 41 heavy (non-hydrogen) atoms. The number of amides is 1. The molecule has 0 radical (unpaired) electrons. The Morgan fingerprint density at radius 2 is 1.85 bits per heavy atom. The molecule has 0 aliphatic heterocycles. The van der Waals surface area contributed by atoms with Crippen LogP contribution in [0.2, 0.25) is 0 Å². The van der Waals surface area contributed by atoms with Crippen molar-refractivity contribution in [2.45, 2.75) is 50.4 Å². The van der Waals surface area contributed by atoms with E-state index in [9.17, 15) is 23.1 Å². The Kier molecular flexibility index (Phi) is 7.75. The maximum Gasteiger partial charge on any atom is 0.433 e. The molecule has 8 nitrogen and oxygen atoms in total. The number of thiazole rings is 1. The zero-order valence-electron chi connectivity index (χ0n) is 21.9. The minimum Gasteiger partial charge on any atom is -0.383 e. The number of benzene rings is 2. The van der Waals surface area contributed by atoms with E-state index in [1.165, 1.54) is 11.3 Å². The number of aliphatic hydroxyl groups is 1. The number of alkyl halides is 3. The van der Waals surface area contributed by atoms with Crippen molar-refractivity contribution in [2.75, 3.05) is 5.32 Å². The molecule has 0 bridgehead atoms. The summed E-state index contributed by atoms with van der Waals surface area (Å²) in [5.74, 6) is -0.389. The van der Waals surface area contributed by atoms with Crippen LogP contribution < -0.4 is 10.6 Å². The number of rotatable bonds is 6. The van der Waals surface area contributed by atoms with Crippen LogP contribution in [0.4, 0.5) is 24.8 Å². The Bertz CT molecular complexity index is 1610. The van der Waals surface area contributed by atoms with Gasteiger partial charge in [-0.05, 0) is 86.2 Å². The van der Waals surface area contributed by atoms with Crippen LogP contribution in [0, 0.1) is 18.3 Å². The predicted octanol–water partition coefficient (Wildman–Crippen LogP) is 6.10. The molecule has 1 fully saturated rings. The van der Waals surface area contributed by atoms with Crippen molar-refractivity contribution >= 4 is 28.9 Å². The van der Waals surface area contributed by atoms with E-state index in [-0.39, 0.29) is 17.9 Å². The largest absolute Gasteiger partial charge is 0.433 e. The number of aromatic nitrogens is 3. The summed E-state index contributed by atoms with van der Waals surface area (Å²) in [6, 6.07) is 14.6. The number of halogens is 3. The van der Waals surface area contributed by atoms with Gasteiger partial charge in [0.2, 0.25) is 5.95 Å². The third kappa shape index (κ3) is 6.53. The Balaban J connectivity index is 1.25. The highest BCUT2D eigenvalue weighted by atomic mass is 32.1. The molecule has 0 spiro atoms. The molecule has 1 aliphatic rings. The molecule has 1 saturated carbocycles. The standard InChI is InChI=1S/C29H25F3N6O2S/c1-17-12-20(14-22(13-17)37-27-34-11-8-24(38-27)29(30,31)32)23-16-35-26(41-23)28(40)9-6-21(7-10-28)36-25(39)19-4-2-18(15-33)3-5-19/h2-5,8,11-14,16,21,40H,6-7,9-10H2,1H3,(H,36,39)(H,34,37,38). The van der Waals surface area contributed by atoms with Crippen molar-refractivity contribution in [3.8, 4) is 16.5 Å². The molecule has 5 rings (SSSR count). The van der Waals surface area contributed by atoms with Gasteiger partial charge in [-0.25, -0.2) is 15.0 Å². The molecule has 12 heteroatoms. The molecule has 2 aromatic heterocycles. The van der Waals surface area contributed by atoms with E-state index in [1.807, 2.05) is 19.1 Å². The van der Waals surface area contributed by atoms with Crippen molar-refractivity contribution in [1.82, 2.24) is 20.3 Å². The fraction of sp³-hybridized carbons (Fsp3) is 0.276. The van der Waals surface area contributed by atoms with Crippen LogP contribution in [0.5, 0.6) is 0 Å². The molecule has 2 heterocycles. The highest BCUT2D eigenvalue weighted by molar-refractivity contribution is 7.15. The fourth-order valence-electron chi connectivity index (χ4n) is 4.74. The zero-order valence-corrected chi connectivity index (χ0v) is 22.7. The number of anilines is 2. The Labute approximate surface area is 237 Å². The van der Waals surface area contributed by atoms with E-state index < -0.39 is 17.5 Å². The molecule has 1 amide bonds. The lowest BCUT2D eigenvalue weighted by Gasteiger charge is -2.34. The molecule has 3 N–H and O–H groups in total. The highest BCUT2D eigenvalue weighted by Crippen LogP contribution is 2.41. The Morgan fingerprint density at radius 1 is 1.12 bits per heavy atom.